The largest absolute Gasteiger partial charge is 0.545 e. The van der Waals surface area contributed by atoms with E-state index in [9.17, 15) is 19.5 Å². The van der Waals surface area contributed by atoms with E-state index in [4.69, 9.17) is 18.9 Å². The summed E-state index contributed by atoms with van der Waals surface area (Å²) >= 11 is 0. The van der Waals surface area contributed by atoms with Crippen molar-refractivity contribution in [3.63, 3.8) is 0 Å². The second-order valence-electron chi connectivity index (χ2n) is 25.5. The van der Waals surface area contributed by atoms with E-state index in [1.165, 1.54) is 116 Å². The maximum Gasteiger partial charge on any atom is 0.306 e. The normalized spacial score (nSPS) is 13.7. The van der Waals surface area contributed by atoms with Crippen LogP contribution in [-0.4, -0.2) is 82.3 Å². The Balaban J connectivity index is 4.16. The molecule has 0 heterocycles. The Kier molecular flexibility index (Phi) is 68.3. The minimum absolute atomic E-state index is 0.138. The molecule has 526 valence electrons. The Morgan fingerprint density at radius 1 is 0.323 bits per heavy atom. The van der Waals surface area contributed by atoms with Crippen molar-refractivity contribution < 1.29 is 42.9 Å². The summed E-state index contributed by atoms with van der Waals surface area (Å²) in [4.78, 5) is 37.6. The first-order valence-electron chi connectivity index (χ1n) is 37.3. The van der Waals surface area contributed by atoms with Crippen LogP contribution in [-0.2, 0) is 33.3 Å². The van der Waals surface area contributed by atoms with E-state index in [0.29, 0.717) is 17.4 Å². The van der Waals surface area contributed by atoms with Crippen molar-refractivity contribution in [3.8, 4) is 0 Å². The molecule has 0 rings (SSSR count). The van der Waals surface area contributed by atoms with Gasteiger partial charge in [-0.15, -0.1) is 0 Å². The lowest BCUT2D eigenvalue weighted by atomic mass is 10.0. The number of rotatable bonds is 67. The molecular formula is C84H137NO8. The summed E-state index contributed by atoms with van der Waals surface area (Å²) in [6.07, 6.45) is 106. The van der Waals surface area contributed by atoms with Crippen LogP contribution in [0.5, 0.6) is 0 Å². The predicted octanol–water partition coefficient (Wildman–Crippen LogP) is 22.5. The molecule has 0 bridgehead atoms. The molecule has 0 fully saturated rings. The number of aliphatic carboxylic acids is 1. The number of carboxylic acid groups (broad SMARTS) is 1. The van der Waals surface area contributed by atoms with Crippen molar-refractivity contribution in [2.24, 2.45) is 0 Å². The molecule has 0 amide bonds. The number of hydrogen-bond donors (Lipinski definition) is 0. The second kappa shape index (κ2) is 72.5. The average molecular weight is 1290 g/mol. The molecule has 0 N–H and O–H groups in total. The first-order chi connectivity index (χ1) is 45.6. The quantitative estimate of drug-likeness (QED) is 0.0195. The number of nitrogens with zero attached hydrogens (tertiary/aromatic N) is 1. The molecule has 0 aliphatic carbocycles. The van der Waals surface area contributed by atoms with Crippen LogP contribution in [0.2, 0.25) is 0 Å². The Morgan fingerprint density at radius 2 is 0.581 bits per heavy atom. The molecule has 0 aromatic rings. The van der Waals surface area contributed by atoms with Gasteiger partial charge in [-0.3, -0.25) is 9.59 Å². The number of ether oxygens (including phenoxy) is 4. The molecule has 0 aromatic carbocycles. The Hall–Kier alpha value is -5.35. The van der Waals surface area contributed by atoms with Crippen molar-refractivity contribution in [3.05, 3.63) is 170 Å². The van der Waals surface area contributed by atoms with E-state index in [2.05, 4.69) is 184 Å². The highest BCUT2D eigenvalue weighted by Gasteiger charge is 2.22. The SMILES string of the molecule is CC/C=C\C/C=C\C/C=C\C/C=C\C/C=C\C/C=C\C/C=C\C/C=C\C/C=C\C/C=C\CCCCCCCCCCC(=O)OC(COC(=O)CCCCCCCCCCCCCCCCCC/C=C\C/C=C\C/C=C\C/C=C\CC)COC(OCC[N+](C)(C)C)C(=O)[O-]. The lowest BCUT2D eigenvalue weighted by Gasteiger charge is -2.26. The number of allylic oxidation sites excluding steroid dienone is 28. The number of carbonyl (C=O) groups is 3. The number of carboxylic acids is 1. The highest BCUT2D eigenvalue weighted by atomic mass is 16.7. The van der Waals surface area contributed by atoms with Gasteiger partial charge in [-0.05, 0) is 128 Å². The number of unbranched alkanes of at least 4 members (excludes halogenated alkanes) is 24. The molecule has 93 heavy (non-hydrogen) atoms. The standard InChI is InChI=1S/C84H137NO8/c1-6-8-10-12-14-16-18-20-22-24-26-28-30-32-34-36-37-38-39-40-41-42-43-44-45-47-49-51-53-55-57-59-61-63-65-67-69-71-73-75-82(87)93-80(79-92-84(83(88)89)90-77-76-85(3,4)5)78-91-81(86)74-72-70-68-66-64-62-60-58-56-54-52-50-48-46-35-33-31-29-27-25-23-21-19-17-15-13-11-9-7-2/h8-11,14-17,20-23,26-29,32,34,37-38,40-41,43-44,47,49,53,55,80,84H,6-7,12-13,18-19,24-25,30-31,33,35-36,39,42,45-46,48,50-52,54,56-79H2,1-5H3/b10-8-,11-9-,16-14-,17-15-,22-20-,23-21-,28-26-,29-27-,34-32-,38-37-,41-40-,44-43-,49-47-,55-53-. The van der Waals surface area contributed by atoms with Gasteiger partial charge in [0.05, 0.1) is 40.3 Å². The van der Waals surface area contributed by atoms with E-state index >= 15 is 0 Å². The molecule has 9 heteroatoms. The van der Waals surface area contributed by atoms with Crippen LogP contribution in [0, 0.1) is 0 Å². The highest BCUT2D eigenvalue weighted by molar-refractivity contribution is 5.70. The Bertz CT molecular complexity index is 2140. The third-order valence-electron chi connectivity index (χ3n) is 15.5. The van der Waals surface area contributed by atoms with Gasteiger partial charge in [0, 0.05) is 12.8 Å². The van der Waals surface area contributed by atoms with E-state index in [0.717, 1.165) is 135 Å². The third-order valence-corrected chi connectivity index (χ3v) is 15.5. The van der Waals surface area contributed by atoms with Crippen LogP contribution in [0.3, 0.4) is 0 Å². The third kappa shape index (κ3) is 73.9. The van der Waals surface area contributed by atoms with Crippen LogP contribution < -0.4 is 5.11 Å². The first-order valence-corrected chi connectivity index (χ1v) is 37.3. The first kappa shape index (κ1) is 87.7. The summed E-state index contributed by atoms with van der Waals surface area (Å²) in [5.74, 6) is -2.30. The number of hydrogen-bond acceptors (Lipinski definition) is 8. The fourth-order valence-electron chi connectivity index (χ4n) is 9.85. The molecule has 2 atom stereocenters. The summed E-state index contributed by atoms with van der Waals surface area (Å²) in [6.45, 7) is 4.51. The van der Waals surface area contributed by atoms with Gasteiger partial charge in [0.15, 0.2) is 12.4 Å². The summed E-state index contributed by atoms with van der Waals surface area (Å²) < 4.78 is 22.8. The number of likely N-dealkylation sites (N-methyl/N-ethyl adjacent to an activating group) is 1. The fraction of sp³-hybridized carbons (Fsp3) is 0.631. The zero-order chi connectivity index (χ0) is 67.5. The van der Waals surface area contributed by atoms with Gasteiger partial charge in [0.25, 0.3) is 0 Å². The van der Waals surface area contributed by atoms with Crippen molar-refractivity contribution >= 4 is 17.9 Å². The fourth-order valence-corrected chi connectivity index (χ4v) is 9.85. The zero-order valence-electron chi connectivity index (χ0n) is 60.1. The average Bonchev–Trinajstić information content (AvgIpc) is 3.38. The molecule has 2 unspecified atom stereocenters. The van der Waals surface area contributed by atoms with Gasteiger partial charge in [0.1, 0.15) is 13.2 Å². The molecule has 9 nitrogen and oxygen atoms in total. The van der Waals surface area contributed by atoms with E-state index < -0.39 is 24.3 Å². The van der Waals surface area contributed by atoms with Crippen molar-refractivity contribution in [1.29, 1.82) is 0 Å². The Labute approximate surface area is 571 Å². The van der Waals surface area contributed by atoms with Crippen molar-refractivity contribution in [2.45, 2.75) is 296 Å². The van der Waals surface area contributed by atoms with Crippen LogP contribution in [0.4, 0.5) is 0 Å². The van der Waals surface area contributed by atoms with Crippen LogP contribution in [0.25, 0.3) is 0 Å². The minimum atomic E-state index is -1.63. The van der Waals surface area contributed by atoms with Gasteiger partial charge in [-0.25, -0.2) is 0 Å². The minimum Gasteiger partial charge on any atom is -0.545 e. The smallest absolute Gasteiger partial charge is 0.306 e. The van der Waals surface area contributed by atoms with Crippen molar-refractivity contribution in [1.82, 2.24) is 0 Å². The molecule has 0 saturated heterocycles. The zero-order valence-corrected chi connectivity index (χ0v) is 60.1. The Morgan fingerprint density at radius 3 is 0.860 bits per heavy atom. The van der Waals surface area contributed by atoms with Crippen LogP contribution in [0.1, 0.15) is 284 Å². The second-order valence-corrected chi connectivity index (χ2v) is 25.5. The van der Waals surface area contributed by atoms with E-state index in [1.54, 1.807) is 0 Å². The number of esters is 2. The van der Waals surface area contributed by atoms with E-state index in [-0.39, 0.29) is 38.6 Å². The van der Waals surface area contributed by atoms with Crippen LogP contribution >= 0.6 is 0 Å². The maximum absolute atomic E-state index is 13.0. The summed E-state index contributed by atoms with van der Waals surface area (Å²) in [5, 5.41) is 11.8. The topological polar surface area (TPSA) is 111 Å². The van der Waals surface area contributed by atoms with Gasteiger partial charge >= 0.3 is 11.9 Å². The number of quaternary nitrogens is 1. The van der Waals surface area contributed by atoms with Crippen molar-refractivity contribution in [2.75, 3.05) is 47.5 Å². The molecule has 0 radical (unpaired) electrons. The number of carbonyl (C=O) groups excluding carboxylic acids is 3. The summed E-state index contributed by atoms with van der Waals surface area (Å²) in [5.41, 5.74) is 0. The molecular weight excluding hydrogens is 1150 g/mol. The molecule has 0 aliphatic heterocycles. The molecule has 0 aliphatic rings. The summed E-state index contributed by atoms with van der Waals surface area (Å²) in [7, 11) is 5.92. The van der Waals surface area contributed by atoms with Gasteiger partial charge in [0.2, 0.25) is 0 Å². The van der Waals surface area contributed by atoms with E-state index in [1.807, 2.05) is 21.1 Å². The monoisotopic (exact) mass is 1290 g/mol. The maximum atomic E-state index is 13.0. The van der Waals surface area contributed by atoms with Gasteiger partial charge < -0.3 is 33.3 Å². The molecule has 0 aromatic heterocycles. The van der Waals surface area contributed by atoms with Crippen LogP contribution in [0.15, 0.2) is 170 Å². The highest BCUT2D eigenvalue weighted by Crippen LogP contribution is 2.17. The lowest BCUT2D eigenvalue weighted by molar-refractivity contribution is -0.870. The predicted molar refractivity (Wildman–Crippen MR) is 398 cm³/mol. The molecule has 0 spiro atoms. The lowest BCUT2D eigenvalue weighted by Crippen LogP contribution is -2.44. The molecule has 0 saturated carbocycles. The van der Waals surface area contributed by atoms with Gasteiger partial charge in [-0.2, -0.15) is 0 Å². The van der Waals surface area contributed by atoms with Gasteiger partial charge in [-0.1, -0.05) is 312 Å². The summed E-state index contributed by atoms with van der Waals surface area (Å²) in [6, 6.07) is 0.